The molecule has 0 saturated carbocycles. The SMILES string of the molecule is CC(=O)N(C)c1c(Cl)c(F)nc(OCCO)c1Cl. The van der Waals surface area contributed by atoms with Gasteiger partial charge in [-0.1, -0.05) is 23.2 Å². The summed E-state index contributed by atoms with van der Waals surface area (Å²) >= 11 is 11.7. The number of anilines is 1. The van der Waals surface area contributed by atoms with E-state index in [2.05, 4.69) is 4.98 Å². The average molecular weight is 297 g/mol. The molecule has 0 aliphatic heterocycles. The van der Waals surface area contributed by atoms with Gasteiger partial charge in [0.25, 0.3) is 0 Å². The van der Waals surface area contributed by atoms with E-state index >= 15 is 0 Å². The smallest absolute Gasteiger partial charge is 0.237 e. The lowest BCUT2D eigenvalue weighted by atomic mass is 10.3. The van der Waals surface area contributed by atoms with Crippen LogP contribution in [0.2, 0.25) is 10.0 Å². The van der Waals surface area contributed by atoms with Crippen LogP contribution < -0.4 is 9.64 Å². The molecule has 1 aromatic heterocycles. The fourth-order valence-electron chi connectivity index (χ4n) is 1.17. The van der Waals surface area contributed by atoms with Crippen molar-refractivity contribution in [1.82, 2.24) is 4.98 Å². The molecule has 0 unspecified atom stereocenters. The predicted octanol–water partition coefficient (Wildman–Crippen LogP) is 1.88. The third-order valence-corrected chi connectivity index (χ3v) is 2.80. The van der Waals surface area contributed by atoms with E-state index in [4.69, 9.17) is 33.0 Å². The Morgan fingerprint density at radius 2 is 2.11 bits per heavy atom. The molecule has 1 rings (SSSR count). The molecule has 1 heterocycles. The molecule has 1 amide bonds. The van der Waals surface area contributed by atoms with Gasteiger partial charge in [-0.05, 0) is 0 Å². The maximum atomic E-state index is 13.5. The van der Waals surface area contributed by atoms with E-state index in [1.807, 2.05) is 0 Å². The molecule has 5 nitrogen and oxygen atoms in total. The molecular weight excluding hydrogens is 286 g/mol. The molecule has 100 valence electrons. The third kappa shape index (κ3) is 3.01. The van der Waals surface area contributed by atoms with Gasteiger partial charge in [0.15, 0.2) is 0 Å². The van der Waals surface area contributed by atoms with E-state index in [0.717, 1.165) is 4.90 Å². The lowest BCUT2D eigenvalue weighted by Crippen LogP contribution is -2.24. The van der Waals surface area contributed by atoms with E-state index in [1.165, 1.54) is 14.0 Å². The van der Waals surface area contributed by atoms with Crippen LogP contribution in [0.4, 0.5) is 10.1 Å². The summed E-state index contributed by atoms with van der Waals surface area (Å²) in [5, 5.41) is 8.17. The van der Waals surface area contributed by atoms with E-state index in [1.54, 1.807) is 0 Å². The molecule has 0 atom stereocenters. The number of hydrogen-bond acceptors (Lipinski definition) is 4. The highest BCUT2D eigenvalue weighted by Crippen LogP contribution is 2.39. The number of aliphatic hydroxyl groups excluding tert-OH is 1. The van der Waals surface area contributed by atoms with E-state index in [-0.39, 0.29) is 40.7 Å². The van der Waals surface area contributed by atoms with Crippen LogP contribution in [-0.4, -0.2) is 36.3 Å². The van der Waals surface area contributed by atoms with Crippen LogP contribution >= 0.6 is 23.2 Å². The van der Waals surface area contributed by atoms with Crippen LogP contribution in [0.3, 0.4) is 0 Å². The van der Waals surface area contributed by atoms with Gasteiger partial charge in [-0.15, -0.1) is 0 Å². The Morgan fingerprint density at radius 1 is 1.50 bits per heavy atom. The number of aliphatic hydroxyl groups is 1. The number of hydrogen-bond donors (Lipinski definition) is 1. The first-order valence-electron chi connectivity index (χ1n) is 4.92. The Labute approximate surface area is 113 Å². The van der Waals surface area contributed by atoms with Crippen LogP contribution in [0.1, 0.15) is 6.92 Å². The van der Waals surface area contributed by atoms with Crippen LogP contribution in [0, 0.1) is 5.95 Å². The van der Waals surface area contributed by atoms with Gasteiger partial charge in [0, 0.05) is 14.0 Å². The van der Waals surface area contributed by atoms with Crippen LogP contribution in [0.15, 0.2) is 0 Å². The maximum Gasteiger partial charge on any atom is 0.237 e. The van der Waals surface area contributed by atoms with Crippen molar-refractivity contribution in [3.05, 3.63) is 16.0 Å². The number of carbonyl (C=O) groups is 1. The highest BCUT2D eigenvalue weighted by atomic mass is 35.5. The summed E-state index contributed by atoms with van der Waals surface area (Å²) in [7, 11) is 1.39. The van der Waals surface area contributed by atoms with Gasteiger partial charge in [-0.2, -0.15) is 9.37 Å². The molecule has 1 N–H and O–H groups in total. The van der Waals surface area contributed by atoms with Gasteiger partial charge in [0.1, 0.15) is 16.7 Å². The summed E-state index contributed by atoms with van der Waals surface area (Å²) in [6.07, 6.45) is 0. The Hall–Kier alpha value is -1.11. The van der Waals surface area contributed by atoms with Crippen LogP contribution in [0.5, 0.6) is 5.88 Å². The molecule has 0 aliphatic carbocycles. The van der Waals surface area contributed by atoms with Crippen molar-refractivity contribution in [2.75, 3.05) is 25.2 Å². The van der Waals surface area contributed by atoms with Crippen molar-refractivity contribution in [3.8, 4) is 5.88 Å². The van der Waals surface area contributed by atoms with E-state index in [9.17, 15) is 9.18 Å². The number of halogens is 3. The highest BCUT2D eigenvalue weighted by molar-refractivity contribution is 6.40. The normalized spacial score (nSPS) is 10.3. The summed E-state index contributed by atoms with van der Waals surface area (Å²) in [6, 6.07) is 0. The van der Waals surface area contributed by atoms with Gasteiger partial charge < -0.3 is 14.7 Å². The molecule has 1 aromatic rings. The number of rotatable bonds is 4. The summed E-state index contributed by atoms with van der Waals surface area (Å²) in [4.78, 5) is 15.8. The van der Waals surface area contributed by atoms with Crippen molar-refractivity contribution >= 4 is 34.8 Å². The molecule has 0 fully saturated rings. The zero-order chi connectivity index (χ0) is 13.9. The molecule has 0 aliphatic rings. The summed E-state index contributed by atoms with van der Waals surface area (Å²) < 4.78 is 18.5. The summed E-state index contributed by atoms with van der Waals surface area (Å²) in [6.45, 7) is 0.899. The number of ether oxygens (including phenoxy) is 1. The Bertz CT molecular complexity index is 471. The quantitative estimate of drug-likeness (QED) is 0.862. The minimum Gasteiger partial charge on any atom is -0.474 e. The second-order valence-electron chi connectivity index (χ2n) is 3.33. The van der Waals surface area contributed by atoms with E-state index < -0.39 is 5.95 Å². The summed E-state index contributed by atoms with van der Waals surface area (Å²) in [5.41, 5.74) is -0.0220. The Morgan fingerprint density at radius 3 is 2.61 bits per heavy atom. The second kappa shape index (κ2) is 6.17. The largest absolute Gasteiger partial charge is 0.474 e. The van der Waals surface area contributed by atoms with Crippen molar-refractivity contribution in [3.63, 3.8) is 0 Å². The number of pyridine rings is 1. The Kier molecular flexibility index (Phi) is 5.13. The third-order valence-electron chi connectivity index (χ3n) is 2.12. The highest BCUT2D eigenvalue weighted by Gasteiger charge is 2.23. The molecule has 8 heteroatoms. The molecule has 0 bridgehead atoms. The molecule has 18 heavy (non-hydrogen) atoms. The average Bonchev–Trinajstić information content (AvgIpc) is 2.32. The van der Waals surface area contributed by atoms with Crippen LogP contribution in [0.25, 0.3) is 0 Å². The monoisotopic (exact) mass is 296 g/mol. The second-order valence-corrected chi connectivity index (χ2v) is 4.09. The first kappa shape index (κ1) is 14.9. The Balaban J connectivity index is 3.30. The number of aromatic nitrogens is 1. The molecule has 0 spiro atoms. The fourth-order valence-corrected chi connectivity index (χ4v) is 1.80. The lowest BCUT2D eigenvalue weighted by molar-refractivity contribution is -0.116. The minimum atomic E-state index is -1.00. The number of amides is 1. The van der Waals surface area contributed by atoms with Gasteiger partial charge in [-0.3, -0.25) is 4.79 Å². The zero-order valence-corrected chi connectivity index (χ0v) is 11.2. The maximum absolute atomic E-state index is 13.5. The van der Waals surface area contributed by atoms with Crippen molar-refractivity contribution in [2.45, 2.75) is 6.92 Å². The van der Waals surface area contributed by atoms with E-state index in [0.29, 0.717) is 0 Å². The minimum absolute atomic E-state index is 0.0220. The lowest BCUT2D eigenvalue weighted by Gasteiger charge is -2.19. The van der Waals surface area contributed by atoms with Gasteiger partial charge in [-0.25, -0.2) is 0 Å². The van der Waals surface area contributed by atoms with Gasteiger partial charge in [0.05, 0.1) is 12.3 Å². The topological polar surface area (TPSA) is 62.7 Å². The van der Waals surface area contributed by atoms with Crippen molar-refractivity contribution < 1.29 is 19.0 Å². The number of nitrogens with zero attached hydrogens (tertiary/aromatic N) is 2. The fraction of sp³-hybridized carbons (Fsp3) is 0.400. The van der Waals surface area contributed by atoms with Gasteiger partial charge >= 0.3 is 0 Å². The predicted molar refractivity (Wildman–Crippen MR) is 65.9 cm³/mol. The number of carbonyl (C=O) groups excluding carboxylic acids is 1. The first-order valence-corrected chi connectivity index (χ1v) is 5.68. The van der Waals surface area contributed by atoms with Gasteiger partial charge in [0.2, 0.25) is 17.7 Å². The standard InChI is InChI=1S/C10H11Cl2FN2O3/c1-5(17)15(2)8-6(11)9(13)14-10(7(8)12)18-4-3-16/h16H,3-4H2,1-2H3. The van der Waals surface area contributed by atoms with Crippen molar-refractivity contribution in [1.29, 1.82) is 0 Å². The zero-order valence-electron chi connectivity index (χ0n) is 9.71. The molecular formula is C10H11Cl2FN2O3. The molecule has 0 aromatic carbocycles. The molecule has 0 radical (unpaired) electrons. The molecule has 0 saturated heterocycles. The first-order chi connectivity index (χ1) is 8.40. The van der Waals surface area contributed by atoms with Crippen molar-refractivity contribution in [2.24, 2.45) is 0 Å². The summed E-state index contributed by atoms with van der Waals surface area (Å²) in [5.74, 6) is -1.61. The van der Waals surface area contributed by atoms with Crippen LogP contribution in [-0.2, 0) is 4.79 Å².